The highest BCUT2D eigenvalue weighted by atomic mass is 35.6. The lowest BCUT2D eigenvalue weighted by Gasteiger charge is -2.23. The maximum atomic E-state index is 12.2. The van der Waals surface area contributed by atoms with Gasteiger partial charge in [-0.2, -0.15) is 0 Å². The number of benzene rings is 1. The zero-order valence-corrected chi connectivity index (χ0v) is 14.1. The van der Waals surface area contributed by atoms with Crippen LogP contribution in [-0.4, -0.2) is 15.9 Å². The minimum atomic E-state index is -1.65. The van der Waals surface area contributed by atoms with Crippen LogP contribution in [0.2, 0.25) is 0 Å². The van der Waals surface area contributed by atoms with E-state index in [1.165, 1.54) is 0 Å². The Kier molecular flexibility index (Phi) is 5.75. The zero-order valence-electron chi connectivity index (χ0n) is 11.9. The van der Waals surface area contributed by atoms with Gasteiger partial charge in [-0.05, 0) is 31.2 Å². The normalized spacial score (nSPS) is 12.9. The average molecular weight is 363 g/mol. The van der Waals surface area contributed by atoms with Crippen LogP contribution in [0.25, 0.3) is 0 Å². The van der Waals surface area contributed by atoms with Gasteiger partial charge in [-0.1, -0.05) is 52.5 Å². The van der Waals surface area contributed by atoms with Gasteiger partial charge in [0, 0.05) is 5.56 Å². The fraction of sp³-hybridized carbons (Fsp3) is 0.267. The third-order valence-corrected chi connectivity index (χ3v) is 3.79. The summed E-state index contributed by atoms with van der Waals surface area (Å²) in [6.07, 6.45) is 0.828. The molecule has 1 aromatic carbocycles. The van der Waals surface area contributed by atoms with Gasteiger partial charge in [0.05, 0.1) is 6.26 Å². The van der Waals surface area contributed by atoms with E-state index in [-0.39, 0.29) is 5.91 Å². The van der Waals surface area contributed by atoms with Crippen molar-refractivity contribution in [1.29, 1.82) is 0 Å². The number of quaternary nitrogens is 1. The van der Waals surface area contributed by atoms with Gasteiger partial charge in [-0.25, -0.2) is 0 Å². The Morgan fingerprint density at radius 2 is 1.95 bits per heavy atom. The lowest BCUT2D eigenvalue weighted by molar-refractivity contribution is -0.708. The van der Waals surface area contributed by atoms with Crippen LogP contribution in [0, 0.1) is 6.92 Å². The lowest BCUT2D eigenvalue weighted by atomic mass is 10.1. The van der Waals surface area contributed by atoms with Crippen LogP contribution >= 0.6 is 34.8 Å². The Hall–Kier alpha value is -1.20. The zero-order chi connectivity index (χ0) is 16.2. The fourth-order valence-corrected chi connectivity index (χ4v) is 2.30. The topological polar surface area (TPSA) is 58.9 Å². The monoisotopic (exact) mass is 361 g/mol. The molecule has 0 fully saturated rings. The highest BCUT2D eigenvalue weighted by molar-refractivity contribution is 6.68. The van der Waals surface area contributed by atoms with Gasteiger partial charge in [0.25, 0.3) is 9.70 Å². The standard InChI is InChI=1S/C15H15Cl3N2O2/c1-10-4-6-11(7-5-10)13(21)20-14(15(16,17)18)19-9-12-3-2-8-22-12/h2-8,14,19H,9H2,1H3,(H,20,21)/p+1/t14-/m0/s1. The highest BCUT2D eigenvalue weighted by Gasteiger charge is 2.37. The number of hydrogen-bond acceptors (Lipinski definition) is 2. The molecule has 0 radical (unpaired) electrons. The van der Waals surface area contributed by atoms with Gasteiger partial charge in [0.15, 0.2) is 5.76 Å². The summed E-state index contributed by atoms with van der Waals surface area (Å²) < 4.78 is 3.58. The predicted molar refractivity (Wildman–Crippen MR) is 87.1 cm³/mol. The Morgan fingerprint density at radius 3 is 2.50 bits per heavy atom. The number of amides is 1. The van der Waals surface area contributed by atoms with Gasteiger partial charge in [-0.3, -0.25) is 10.1 Å². The molecular formula is C15H16Cl3N2O2+. The summed E-state index contributed by atoms with van der Waals surface area (Å²) in [5.74, 6) is 0.427. The number of rotatable bonds is 5. The average Bonchev–Trinajstić information content (AvgIpc) is 2.96. The molecule has 0 saturated carbocycles. The summed E-state index contributed by atoms with van der Waals surface area (Å²) in [4.78, 5) is 12.2. The molecule has 1 aromatic heterocycles. The van der Waals surface area contributed by atoms with E-state index in [2.05, 4.69) is 5.32 Å². The minimum absolute atomic E-state index is 0.299. The summed E-state index contributed by atoms with van der Waals surface area (Å²) >= 11 is 17.9. The van der Waals surface area contributed by atoms with E-state index in [1.54, 1.807) is 29.8 Å². The largest absolute Gasteiger partial charge is 0.463 e. The molecule has 0 unspecified atom stereocenters. The third-order valence-electron chi connectivity index (χ3n) is 3.09. The molecule has 4 nitrogen and oxygen atoms in total. The van der Waals surface area contributed by atoms with Crippen LogP contribution in [-0.2, 0) is 6.54 Å². The van der Waals surface area contributed by atoms with Crippen molar-refractivity contribution in [3.05, 3.63) is 59.5 Å². The second kappa shape index (κ2) is 7.38. The van der Waals surface area contributed by atoms with E-state index < -0.39 is 9.96 Å². The van der Waals surface area contributed by atoms with E-state index in [0.29, 0.717) is 12.1 Å². The van der Waals surface area contributed by atoms with Crippen LogP contribution < -0.4 is 10.6 Å². The molecule has 1 heterocycles. The maximum absolute atomic E-state index is 12.2. The SMILES string of the molecule is Cc1ccc(C(=O)N[C@H]([NH2+]Cc2ccco2)C(Cl)(Cl)Cl)cc1. The van der Waals surface area contributed by atoms with Gasteiger partial charge in [0.2, 0.25) is 6.17 Å². The Bertz CT molecular complexity index is 607. The van der Waals surface area contributed by atoms with E-state index in [1.807, 2.05) is 25.1 Å². The second-order valence-electron chi connectivity index (χ2n) is 4.88. The molecule has 0 bridgehead atoms. The van der Waals surface area contributed by atoms with Crippen molar-refractivity contribution in [3.63, 3.8) is 0 Å². The maximum Gasteiger partial charge on any atom is 0.262 e. The number of carbonyl (C=O) groups excluding carboxylic acids is 1. The first kappa shape index (κ1) is 17.2. The molecule has 7 heteroatoms. The molecule has 0 aliphatic heterocycles. The van der Waals surface area contributed by atoms with Crippen LogP contribution in [0.3, 0.4) is 0 Å². The quantitative estimate of drug-likeness (QED) is 0.635. The number of alkyl halides is 3. The van der Waals surface area contributed by atoms with Crippen LogP contribution in [0.15, 0.2) is 47.1 Å². The predicted octanol–water partition coefficient (Wildman–Crippen LogP) is 2.78. The molecule has 0 saturated heterocycles. The molecule has 118 valence electrons. The minimum Gasteiger partial charge on any atom is -0.463 e. The third kappa shape index (κ3) is 4.92. The van der Waals surface area contributed by atoms with Crippen molar-refractivity contribution in [2.75, 3.05) is 0 Å². The molecular weight excluding hydrogens is 347 g/mol. The van der Waals surface area contributed by atoms with Gasteiger partial charge in [-0.15, -0.1) is 0 Å². The van der Waals surface area contributed by atoms with E-state index >= 15 is 0 Å². The number of aryl methyl sites for hydroxylation is 1. The van der Waals surface area contributed by atoms with Crippen LogP contribution in [0.1, 0.15) is 21.7 Å². The number of furan rings is 1. The Labute approximate surface area is 143 Å². The molecule has 1 amide bonds. The molecule has 0 spiro atoms. The number of halogens is 3. The smallest absolute Gasteiger partial charge is 0.262 e. The van der Waals surface area contributed by atoms with E-state index in [9.17, 15) is 4.79 Å². The molecule has 2 aromatic rings. The number of carbonyl (C=O) groups is 1. The molecule has 1 atom stereocenters. The molecule has 0 aliphatic rings. The van der Waals surface area contributed by atoms with Gasteiger partial charge >= 0.3 is 0 Å². The van der Waals surface area contributed by atoms with Crippen molar-refractivity contribution in [2.45, 2.75) is 23.4 Å². The second-order valence-corrected chi connectivity index (χ2v) is 7.25. The van der Waals surface area contributed by atoms with E-state index in [4.69, 9.17) is 39.2 Å². The summed E-state index contributed by atoms with van der Waals surface area (Å²) in [5.41, 5.74) is 1.58. The first-order valence-corrected chi connectivity index (χ1v) is 7.79. The first-order chi connectivity index (χ1) is 10.4. The molecule has 3 N–H and O–H groups in total. The van der Waals surface area contributed by atoms with Crippen LogP contribution in [0.5, 0.6) is 0 Å². The van der Waals surface area contributed by atoms with Crippen molar-refractivity contribution in [2.24, 2.45) is 0 Å². The van der Waals surface area contributed by atoms with Gasteiger partial charge < -0.3 is 9.73 Å². The fourth-order valence-electron chi connectivity index (χ4n) is 1.87. The van der Waals surface area contributed by atoms with Crippen molar-refractivity contribution in [1.82, 2.24) is 5.32 Å². The van der Waals surface area contributed by atoms with E-state index in [0.717, 1.165) is 11.3 Å². The number of hydrogen-bond donors (Lipinski definition) is 2. The summed E-state index contributed by atoms with van der Waals surface area (Å²) in [5, 5.41) is 4.43. The van der Waals surface area contributed by atoms with Crippen LogP contribution in [0.4, 0.5) is 0 Å². The van der Waals surface area contributed by atoms with Crippen molar-refractivity contribution in [3.8, 4) is 0 Å². The first-order valence-electron chi connectivity index (χ1n) is 6.66. The summed E-state index contributed by atoms with van der Waals surface area (Å²) in [6, 6.07) is 10.8. The lowest BCUT2D eigenvalue weighted by Crippen LogP contribution is -2.95. The van der Waals surface area contributed by atoms with Gasteiger partial charge in [0.1, 0.15) is 6.54 Å². The van der Waals surface area contributed by atoms with Crippen molar-refractivity contribution < 1.29 is 14.5 Å². The van der Waals surface area contributed by atoms with Crippen molar-refractivity contribution >= 4 is 40.7 Å². The number of nitrogens with two attached hydrogens (primary N) is 1. The number of nitrogens with one attached hydrogen (secondary N) is 1. The summed E-state index contributed by atoms with van der Waals surface area (Å²) in [7, 11) is 0. The molecule has 0 aliphatic carbocycles. The Balaban J connectivity index is 2.03. The summed E-state index contributed by atoms with van der Waals surface area (Å²) in [6.45, 7) is 2.39. The Morgan fingerprint density at radius 1 is 1.27 bits per heavy atom. The molecule has 22 heavy (non-hydrogen) atoms. The molecule has 2 rings (SSSR count). The highest BCUT2D eigenvalue weighted by Crippen LogP contribution is 2.27.